The maximum atomic E-state index is 12.0. The molecule has 1 fully saturated rings. The highest BCUT2D eigenvalue weighted by Gasteiger charge is 2.28. The van der Waals surface area contributed by atoms with Crippen molar-refractivity contribution in [3.63, 3.8) is 0 Å². The second kappa shape index (κ2) is 7.01. The number of anilines is 2. The fourth-order valence-electron chi connectivity index (χ4n) is 3.58. The van der Waals surface area contributed by atoms with Crippen molar-refractivity contribution in [2.24, 2.45) is 0 Å². The normalized spacial score (nSPS) is 18.8. The van der Waals surface area contributed by atoms with E-state index < -0.39 is 0 Å². The van der Waals surface area contributed by atoms with Gasteiger partial charge in [0.15, 0.2) is 17.5 Å². The van der Waals surface area contributed by atoms with Crippen LogP contribution in [0.15, 0.2) is 36.8 Å². The molecule has 1 aromatic carbocycles. The molecule has 9 heteroatoms. The zero-order chi connectivity index (χ0) is 18.9. The van der Waals surface area contributed by atoms with Crippen LogP contribution in [-0.4, -0.2) is 56.9 Å². The molecule has 1 atom stereocenters. The first-order chi connectivity index (χ1) is 13.8. The second-order valence-corrected chi connectivity index (χ2v) is 6.91. The van der Waals surface area contributed by atoms with Gasteiger partial charge in [-0.2, -0.15) is 0 Å². The fourth-order valence-corrected chi connectivity index (χ4v) is 3.58. The van der Waals surface area contributed by atoms with Crippen LogP contribution in [-0.2, 0) is 9.53 Å². The topological polar surface area (TPSA) is 109 Å². The molecule has 1 amide bonds. The van der Waals surface area contributed by atoms with Gasteiger partial charge in [0.1, 0.15) is 6.33 Å². The zero-order valence-corrected chi connectivity index (χ0v) is 15.1. The summed E-state index contributed by atoms with van der Waals surface area (Å²) < 4.78 is 5.73. The lowest BCUT2D eigenvalue weighted by Gasteiger charge is -2.30. The van der Waals surface area contributed by atoms with Crippen LogP contribution in [0.25, 0.3) is 22.6 Å². The third kappa shape index (κ3) is 3.20. The molecule has 0 bridgehead atoms. The molecule has 3 aromatic rings. The van der Waals surface area contributed by atoms with E-state index in [-0.39, 0.29) is 18.6 Å². The molecule has 2 aromatic heterocycles. The molecule has 9 nitrogen and oxygen atoms in total. The van der Waals surface area contributed by atoms with Crippen LogP contribution in [0.5, 0.6) is 0 Å². The Balaban J connectivity index is 1.44. The number of nitrogens with zero attached hydrogens (tertiary/aromatic N) is 5. The van der Waals surface area contributed by atoms with Gasteiger partial charge in [-0.25, -0.2) is 9.97 Å². The predicted octanol–water partition coefficient (Wildman–Crippen LogP) is 1.87. The van der Waals surface area contributed by atoms with Crippen molar-refractivity contribution in [3.8, 4) is 22.6 Å². The number of aromatic amines is 1. The number of benzene rings is 1. The zero-order valence-electron chi connectivity index (χ0n) is 15.1. The Bertz CT molecular complexity index is 982. The monoisotopic (exact) mass is 377 g/mol. The van der Waals surface area contributed by atoms with Crippen LogP contribution in [0.3, 0.4) is 0 Å². The number of amides is 1. The van der Waals surface area contributed by atoms with Gasteiger partial charge in [0, 0.05) is 24.3 Å². The molecular weight excluding hydrogens is 358 g/mol. The minimum atomic E-state index is -0.0797. The van der Waals surface area contributed by atoms with E-state index in [9.17, 15) is 4.79 Å². The number of rotatable bonds is 4. The van der Waals surface area contributed by atoms with Crippen molar-refractivity contribution in [2.45, 2.75) is 18.9 Å². The summed E-state index contributed by atoms with van der Waals surface area (Å²) in [6, 6.07) is 7.87. The highest BCUT2D eigenvalue weighted by atomic mass is 16.5. The Labute approximate surface area is 161 Å². The molecule has 2 N–H and O–H groups in total. The summed E-state index contributed by atoms with van der Waals surface area (Å²) in [5.74, 6) is 1.82. The highest BCUT2D eigenvalue weighted by Crippen LogP contribution is 2.30. The number of hydrogen-bond donors (Lipinski definition) is 2. The van der Waals surface area contributed by atoms with Crippen LogP contribution in [0.2, 0.25) is 0 Å². The summed E-state index contributed by atoms with van der Waals surface area (Å²) in [7, 11) is 0. The maximum absolute atomic E-state index is 12.0. The van der Waals surface area contributed by atoms with E-state index in [4.69, 9.17) is 9.72 Å². The molecule has 0 spiro atoms. The number of aromatic nitrogens is 5. The van der Waals surface area contributed by atoms with Gasteiger partial charge in [-0.1, -0.05) is 24.3 Å². The number of fused-ring (bicyclic) bond motifs is 1. The predicted molar refractivity (Wildman–Crippen MR) is 103 cm³/mol. The molecule has 0 saturated carbocycles. The number of H-pyrrole nitrogens is 1. The van der Waals surface area contributed by atoms with Crippen LogP contribution in [0, 0.1) is 0 Å². The van der Waals surface area contributed by atoms with Crippen molar-refractivity contribution >= 4 is 17.5 Å². The molecular formula is C19H19N7O2. The number of hydrogen-bond acceptors (Lipinski definition) is 7. The first-order valence-corrected chi connectivity index (χ1v) is 9.26. The maximum Gasteiger partial charge on any atom is 0.245 e. The lowest BCUT2D eigenvalue weighted by Crippen LogP contribution is -2.43. The number of nitrogens with one attached hydrogen (secondary N) is 2. The van der Waals surface area contributed by atoms with Crippen molar-refractivity contribution in [1.29, 1.82) is 0 Å². The van der Waals surface area contributed by atoms with Gasteiger partial charge in [-0.3, -0.25) is 4.79 Å². The molecule has 0 radical (unpaired) electrons. The Morgan fingerprint density at radius 1 is 1.21 bits per heavy atom. The van der Waals surface area contributed by atoms with Crippen LogP contribution >= 0.6 is 0 Å². The molecule has 142 valence electrons. The number of carbonyl (C=O) groups is 1. The molecule has 1 saturated heterocycles. The summed E-state index contributed by atoms with van der Waals surface area (Å²) in [4.78, 5) is 26.2. The van der Waals surface area contributed by atoms with Gasteiger partial charge in [-0.15, -0.1) is 10.2 Å². The van der Waals surface area contributed by atoms with Crippen molar-refractivity contribution in [3.05, 3.63) is 36.8 Å². The van der Waals surface area contributed by atoms with Gasteiger partial charge in [0.2, 0.25) is 5.91 Å². The molecule has 5 rings (SSSR count). The molecule has 0 aliphatic carbocycles. The molecule has 2 aliphatic rings. The van der Waals surface area contributed by atoms with E-state index in [0.29, 0.717) is 24.0 Å². The number of ether oxygens (including phenoxy) is 1. The van der Waals surface area contributed by atoms with Gasteiger partial charge in [-0.05, 0) is 12.8 Å². The average molecular weight is 377 g/mol. The van der Waals surface area contributed by atoms with Crippen molar-refractivity contribution in [1.82, 2.24) is 25.1 Å². The molecule has 28 heavy (non-hydrogen) atoms. The summed E-state index contributed by atoms with van der Waals surface area (Å²) in [6.07, 6.45) is 5.42. The van der Waals surface area contributed by atoms with Gasteiger partial charge in [0.05, 0.1) is 24.5 Å². The Morgan fingerprint density at radius 3 is 2.82 bits per heavy atom. The Kier molecular flexibility index (Phi) is 4.21. The first kappa shape index (κ1) is 16.8. The fraction of sp³-hybridized carbons (Fsp3) is 0.316. The van der Waals surface area contributed by atoms with Crippen molar-refractivity contribution in [2.75, 3.05) is 29.9 Å². The summed E-state index contributed by atoms with van der Waals surface area (Å²) in [5, 5.41) is 10.6. The van der Waals surface area contributed by atoms with E-state index in [1.807, 2.05) is 29.2 Å². The van der Waals surface area contributed by atoms with Gasteiger partial charge < -0.3 is 19.9 Å². The summed E-state index contributed by atoms with van der Waals surface area (Å²) in [6.45, 7) is 1.68. The van der Waals surface area contributed by atoms with Gasteiger partial charge >= 0.3 is 0 Å². The van der Waals surface area contributed by atoms with E-state index in [0.717, 1.165) is 36.3 Å². The van der Waals surface area contributed by atoms with E-state index in [2.05, 4.69) is 25.5 Å². The SMILES string of the molecule is O=C1CN(C[C@H]2CCCO2)c2nc(-c3ccc(-c4nnc[nH]4)cc3)cnc2N1. The van der Waals surface area contributed by atoms with Crippen LogP contribution < -0.4 is 10.2 Å². The lowest BCUT2D eigenvalue weighted by molar-refractivity contribution is -0.115. The lowest BCUT2D eigenvalue weighted by atomic mass is 10.1. The van der Waals surface area contributed by atoms with Crippen LogP contribution in [0.1, 0.15) is 12.8 Å². The third-order valence-electron chi connectivity index (χ3n) is 4.96. The smallest absolute Gasteiger partial charge is 0.245 e. The summed E-state index contributed by atoms with van der Waals surface area (Å²) >= 11 is 0. The highest BCUT2D eigenvalue weighted by molar-refractivity contribution is 5.99. The Hall–Kier alpha value is -3.33. The second-order valence-electron chi connectivity index (χ2n) is 6.91. The van der Waals surface area contributed by atoms with Crippen molar-refractivity contribution < 1.29 is 9.53 Å². The third-order valence-corrected chi connectivity index (χ3v) is 4.96. The van der Waals surface area contributed by atoms with E-state index >= 15 is 0 Å². The minimum absolute atomic E-state index is 0.0797. The quantitative estimate of drug-likeness (QED) is 0.714. The molecule has 4 heterocycles. The van der Waals surface area contributed by atoms with Crippen LogP contribution in [0.4, 0.5) is 11.6 Å². The molecule has 0 unspecified atom stereocenters. The largest absolute Gasteiger partial charge is 0.376 e. The minimum Gasteiger partial charge on any atom is -0.376 e. The van der Waals surface area contributed by atoms with E-state index in [1.165, 1.54) is 0 Å². The number of carbonyl (C=O) groups excluding carboxylic acids is 1. The van der Waals surface area contributed by atoms with Gasteiger partial charge in [0.25, 0.3) is 0 Å². The Morgan fingerprint density at radius 2 is 2.07 bits per heavy atom. The standard InChI is InChI=1S/C19H19N7O2/c27-16-10-26(9-14-2-1-7-28-14)19-18(24-16)20-8-15(23-19)12-3-5-13(6-4-12)17-21-11-22-25-17/h3-6,8,11,14H,1-2,7,9-10H2,(H,20,24,27)(H,21,22,25)/t14-/m1/s1. The summed E-state index contributed by atoms with van der Waals surface area (Å²) in [5.41, 5.74) is 2.63. The first-order valence-electron chi connectivity index (χ1n) is 9.26. The average Bonchev–Trinajstić information content (AvgIpc) is 3.42. The molecule has 2 aliphatic heterocycles. The van der Waals surface area contributed by atoms with E-state index in [1.54, 1.807) is 12.5 Å².